The summed E-state index contributed by atoms with van der Waals surface area (Å²) in [4.78, 5) is 12.1. The van der Waals surface area contributed by atoms with Crippen molar-refractivity contribution in [1.29, 1.82) is 0 Å². The summed E-state index contributed by atoms with van der Waals surface area (Å²) in [6, 6.07) is 18.3. The standard InChI is InChI=1S/C22H26N4O/c1-27-18-11-14-26(15-12-18)16-13-23-22-19-9-5-6-10-20(19)24-21(25-22)17-7-3-2-4-8-17/h2-10,18H,11-16H2,1H3,(H,23,24,25). The number of para-hydroxylation sites is 1. The smallest absolute Gasteiger partial charge is 0.162 e. The Hall–Kier alpha value is -2.50. The lowest BCUT2D eigenvalue weighted by Crippen LogP contribution is -2.39. The number of aromatic nitrogens is 2. The van der Waals surface area contributed by atoms with Gasteiger partial charge in [0.25, 0.3) is 0 Å². The van der Waals surface area contributed by atoms with Gasteiger partial charge < -0.3 is 15.0 Å². The van der Waals surface area contributed by atoms with E-state index in [9.17, 15) is 0 Å². The van der Waals surface area contributed by atoms with Gasteiger partial charge in [-0.05, 0) is 25.0 Å². The van der Waals surface area contributed by atoms with Crippen LogP contribution in [0.2, 0.25) is 0 Å². The molecule has 2 heterocycles. The van der Waals surface area contributed by atoms with Gasteiger partial charge in [-0.15, -0.1) is 0 Å². The maximum atomic E-state index is 5.46. The summed E-state index contributed by atoms with van der Waals surface area (Å²) in [6.45, 7) is 4.07. The van der Waals surface area contributed by atoms with Crippen LogP contribution in [0, 0.1) is 0 Å². The highest BCUT2D eigenvalue weighted by molar-refractivity contribution is 5.90. The highest BCUT2D eigenvalue weighted by Gasteiger charge is 2.18. The minimum absolute atomic E-state index is 0.424. The summed E-state index contributed by atoms with van der Waals surface area (Å²) in [5, 5.41) is 4.61. The molecule has 0 amide bonds. The number of ether oxygens (including phenoxy) is 1. The molecule has 1 saturated heterocycles. The lowest BCUT2D eigenvalue weighted by atomic mass is 10.1. The number of rotatable bonds is 6. The van der Waals surface area contributed by atoms with Crippen LogP contribution >= 0.6 is 0 Å². The Kier molecular flexibility index (Phi) is 5.61. The van der Waals surface area contributed by atoms with E-state index in [0.29, 0.717) is 6.10 Å². The fraction of sp³-hybridized carbons (Fsp3) is 0.364. The molecule has 27 heavy (non-hydrogen) atoms. The highest BCUT2D eigenvalue weighted by atomic mass is 16.5. The SMILES string of the molecule is COC1CCN(CCNc2nc(-c3ccccc3)nc3ccccc23)CC1. The number of nitrogens with one attached hydrogen (secondary N) is 1. The maximum Gasteiger partial charge on any atom is 0.162 e. The van der Waals surface area contributed by atoms with E-state index in [-0.39, 0.29) is 0 Å². The van der Waals surface area contributed by atoms with Crippen LogP contribution in [0.1, 0.15) is 12.8 Å². The number of hydrogen-bond donors (Lipinski definition) is 1. The van der Waals surface area contributed by atoms with Gasteiger partial charge in [0.05, 0.1) is 11.6 Å². The van der Waals surface area contributed by atoms with Crippen molar-refractivity contribution in [3.05, 3.63) is 54.6 Å². The van der Waals surface area contributed by atoms with Crippen molar-refractivity contribution in [2.24, 2.45) is 0 Å². The second-order valence-electron chi connectivity index (χ2n) is 6.98. The number of piperidine rings is 1. The van der Waals surface area contributed by atoms with E-state index >= 15 is 0 Å². The lowest BCUT2D eigenvalue weighted by Gasteiger charge is -2.31. The van der Waals surface area contributed by atoms with Gasteiger partial charge in [0, 0.05) is 44.2 Å². The van der Waals surface area contributed by atoms with Gasteiger partial charge in [0.2, 0.25) is 0 Å². The fourth-order valence-electron chi connectivity index (χ4n) is 3.63. The molecule has 1 aliphatic heterocycles. The summed E-state index contributed by atoms with van der Waals surface area (Å²) in [5.74, 6) is 1.67. The third-order valence-corrected chi connectivity index (χ3v) is 5.22. The molecule has 0 saturated carbocycles. The third-order valence-electron chi connectivity index (χ3n) is 5.22. The Morgan fingerprint density at radius 3 is 2.52 bits per heavy atom. The first-order valence-electron chi connectivity index (χ1n) is 9.65. The molecule has 1 aromatic heterocycles. The Labute approximate surface area is 160 Å². The van der Waals surface area contributed by atoms with Crippen molar-refractivity contribution in [2.75, 3.05) is 38.6 Å². The zero-order chi connectivity index (χ0) is 18.5. The fourth-order valence-corrected chi connectivity index (χ4v) is 3.63. The number of anilines is 1. The van der Waals surface area contributed by atoms with Crippen LogP contribution in [0.15, 0.2) is 54.6 Å². The molecule has 1 aliphatic rings. The predicted molar refractivity (Wildman–Crippen MR) is 110 cm³/mol. The van der Waals surface area contributed by atoms with Crippen LogP contribution in [0.4, 0.5) is 5.82 Å². The molecule has 0 bridgehead atoms. The summed E-state index contributed by atoms with van der Waals surface area (Å²) >= 11 is 0. The second-order valence-corrected chi connectivity index (χ2v) is 6.98. The Morgan fingerprint density at radius 1 is 1.00 bits per heavy atom. The van der Waals surface area contributed by atoms with Crippen molar-refractivity contribution in [2.45, 2.75) is 18.9 Å². The summed E-state index contributed by atoms with van der Waals surface area (Å²) < 4.78 is 5.46. The molecule has 0 atom stereocenters. The van der Waals surface area contributed by atoms with E-state index in [1.807, 2.05) is 55.6 Å². The van der Waals surface area contributed by atoms with E-state index in [1.165, 1.54) is 0 Å². The quantitative estimate of drug-likeness (QED) is 0.722. The first-order valence-corrected chi connectivity index (χ1v) is 9.65. The monoisotopic (exact) mass is 362 g/mol. The Balaban J connectivity index is 1.49. The van der Waals surface area contributed by atoms with Crippen molar-refractivity contribution in [1.82, 2.24) is 14.9 Å². The van der Waals surface area contributed by atoms with Crippen LogP contribution in [-0.2, 0) is 4.74 Å². The highest BCUT2D eigenvalue weighted by Crippen LogP contribution is 2.24. The number of nitrogens with zero attached hydrogens (tertiary/aromatic N) is 3. The Morgan fingerprint density at radius 2 is 1.74 bits per heavy atom. The first kappa shape index (κ1) is 17.9. The zero-order valence-electron chi connectivity index (χ0n) is 15.8. The van der Waals surface area contributed by atoms with E-state index in [1.54, 1.807) is 0 Å². The minimum atomic E-state index is 0.424. The van der Waals surface area contributed by atoms with Gasteiger partial charge >= 0.3 is 0 Å². The molecular formula is C22H26N4O. The molecule has 140 valence electrons. The minimum Gasteiger partial charge on any atom is -0.381 e. The molecule has 4 rings (SSSR count). The third kappa shape index (κ3) is 4.26. The van der Waals surface area contributed by atoms with Crippen LogP contribution in [0.25, 0.3) is 22.3 Å². The maximum absolute atomic E-state index is 5.46. The van der Waals surface area contributed by atoms with E-state index in [0.717, 1.165) is 67.1 Å². The van der Waals surface area contributed by atoms with E-state index in [4.69, 9.17) is 14.7 Å². The number of hydrogen-bond acceptors (Lipinski definition) is 5. The average molecular weight is 362 g/mol. The van der Waals surface area contributed by atoms with Gasteiger partial charge in [-0.3, -0.25) is 0 Å². The second kappa shape index (κ2) is 8.46. The zero-order valence-corrected chi connectivity index (χ0v) is 15.8. The van der Waals surface area contributed by atoms with E-state index < -0.39 is 0 Å². The molecule has 0 spiro atoms. The topological polar surface area (TPSA) is 50.3 Å². The molecule has 2 aromatic carbocycles. The van der Waals surface area contributed by atoms with Crippen molar-refractivity contribution >= 4 is 16.7 Å². The lowest BCUT2D eigenvalue weighted by molar-refractivity contribution is 0.0423. The number of benzene rings is 2. The largest absolute Gasteiger partial charge is 0.381 e. The average Bonchev–Trinajstić information content (AvgIpc) is 2.74. The van der Waals surface area contributed by atoms with Crippen molar-refractivity contribution in [3.8, 4) is 11.4 Å². The molecule has 5 nitrogen and oxygen atoms in total. The first-order chi connectivity index (χ1) is 13.3. The van der Waals surface area contributed by atoms with Crippen LogP contribution in [0.5, 0.6) is 0 Å². The Bertz CT molecular complexity index is 876. The van der Waals surface area contributed by atoms with E-state index in [2.05, 4.69) is 16.3 Å². The van der Waals surface area contributed by atoms with Crippen LogP contribution in [-0.4, -0.2) is 54.3 Å². The predicted octanol–water partition coefficient (Wildman–Crippen LogP) is 3.82. The molecule has 5 heteroatoms. The number of fused-ring (bicyclic) bond motifs is 1. The van der Waals surface area contributed by atoms with Crippen LogP contribution < -0.4 is 5.32 Å². The summed E-state index contributed by atoms with van der Waals surface area (Å²) in [6.07, 6.45) is 2.66. The van der Waals surface area contributed by atoms with Crippen molar-refractivity contribution in [3.63, 3.8) is 0 Å². The number of methoxy groups -OCH3 is 1. The molecular weight excluding hydrogens is 336 g/mol. The van der Waals surface area contributed by atoms with Gasteiger partial charge in [-0.2, -0.15) is 0 Å². The molecule has 0 aliphatic carbocycles. The molecule has 1 N–H and O–H groups in total. The molecule has 3 aromatic rings. The van der Waals surface area contributed by atoms with Gasteiger partial charge in [-0.25, -0.2) is 9.97 Å². The molecule has 0 radical (unpaired) electrons. The summed E-state index contributed by atoms with van der Waals surface area (Å²) in [5.41, 5.74) is 2.00. The van der Waals surface area contributed by atoms with Gasteiger partial charge in [0.1, 0.15) is 5.82 Å². The van der Waals surface area contributed by atoms with Gasteiger partial charge in [0.15, 0.2) is 5.82 Å². The summed E-state index contributed by atoms with van der Waals surface area (Å²) in [7, 11) is 1.81. The molecule has 1 fully saturated rings. The van der Waals surface area contributed by atoms with Crippen LogP contribution in [0.3, 0.4) is 0 Å². The van der Waals surface area contributed by atoms with Crippen molar-refractivity contribution < 1.29 is 4.74 Å². The molecule has 0 unspecified atom stereocenters. The number of likely N-dealkylation sites (tertiary alicyclic amines) is 1. The van der Waals surface area contributed by atoms with Gasteiger partial charge in [-0.1, -0.05) is 42.5 Å². The normalized spacial score (nSPS) is 15.9.